The van der Waals surface area contributed by atoms with E-state index < -0.39 is 0 Å². The average Bonchev–Trinajstić information content (AvgIpc) is 3.08. The number of hydrogen-bond acceptors (Lipinski definition) is 3. The molecule has 1 N–H and O–H groups in total. The number of nitrogens with one attached hydrogen (secondary N) is 1. The van der Waals surface area contributed by atoms with E-state index in [2.05, 4.69) is 98.8 Å². The Labute approximate surface area is 156 Å². The Kier molecular flexibility index (Phi) is 5.27. The molecule has 0 aromatic heterocycles. The van der Waals surface area contributed by atoms with Crippen molar-refractivity contribution in [2.75, 3.05) is 19.5 Å². The molecule has 0 atom stereocenters. The van der Waals surface area contributed by atoms with E-state index >= 15 is 0 Å². The zero-order chi connectivity index (χ0) is 18.7. The minimum atomic E-state index is 0.960. The third-order valence-corrected chi connectivity index (χ3v) is 4.73. The molecular weight excluding hydrogens is 318 g/mol. The van der Waals surface area contributed by atoms with E-state index in [1.807, 2.05) is 6.21 Å². The molecule has 0 saturated carbocycles. The van der Waals surface area contributed by atoms with Crippen LogP contribution < -0.4 is 5.43 Å². The first-order chi connectivity index (χ1) is 12.5. The molecule has 134 valence electrons. The number of aryl methyl sites for hydroxylation is 3. The molecular formula is C23H27N3. The molecule has 0 saturated heterocycles. The van der Waals surface area contributed by atoms with E-state index in [0.717, 1.165) is 17.7 Å². The Bertz CT molecular complexity index is 878. The van der Waals surface area contributed by atoms with Gasteiger partial charge >= 0.3 is 0 Å². The van der Waals surface area contributed by atoms with E-state index in [0.29, 0.717) is 0 Å². The maximum Gasteiger partial charge on any atom is 0.0620 e. The predicted octanol–water partition coefficient (Wildman–Crippen LogP) is 5.29. The fourth-order valence-electron chi connectivity index (χ4n) is 3.44. The standard InChI is InChI=1S/C23H27N3/c1-16-12-17(2)23(18(3)13-16)25-24-15-20-8-6-7-9-22(20)19-10-11-21(14-19)26(4)5/h6-9,11-15,25H,10H2,1-5H3/b24-15+. The molecule has 0 bridgehead atoms. The van der Waals surface area contributed by atoms with Crippen molar-refractivity contribution >= 4 is 17.5 Å². The summed E-state index contributed by atoms with van der Waals surface area (Å²) in [5.74, 6) is 0. The Balaban J connectivity index is 1.82. The third kappa shape index (κ3) is 3.88. The lowest BCUT2D eigenvalue weighted by atomic mass is 10.00. The normalized spacial score (nSPS) is 13.7. The van der Waals surface area contributed by atoms with Crippen LogP contribution in [0.3, 0.4) is 0 Å². The Hall–Kier alpha value is -2.81. The van der Waals surface area contributed by atoms with Gasteiger partial charge in [0.05, 0.1) is 11.9 Å². The summed E-state index contributed by atoms with van der Waals surface area (Å²) in [7, 11) is 4.16. The molecule has 1 aliphatic rings. The summed E-state index contributed by atoms with van der Waals surface area (Å²) < 4.78 is 0. The van der Waals surface area contributed by atoms with Crippen molar-refractivity contribution in [3.8, 4) is 0 Å². The van der Waals surface area contributed by atoms with Crippen LogP contribution in [-0.4, -0.2) is 25.2 Å². The van der Waals surface area contributed by atoms with E-state index in [4.69, 9.17) is 0 Å². The Morgan fingerprint density at radius 1 is 1.04 bits per heavy atom. The molecule has 2 aromatic carbocycles. The van der Waals surface area contributed by atoms with Crippen LogP contribution >= 0.6 is 0 Å². The van der Waals surface area contributed by atoms with Crippen molar-refractivity contribution in [2.45, 2.75) is 27.2 Å². The second kappa shape index (κ2) is 7.61. The zero-order valence-electron chi connectivity index (χ0n) is 16.3. The lowest BCUT2D eigenvalue weighted by molar-refractivity contribution is 0.531. The molecule has 2 aromatic rings. The first-order valence-electron chi connectivity index (χ1n) is 9.00. The highest BCUT2D eigenvalue weighted by Crippen LogP contribution is 2.29. The summed E-state index contributed by atoms with van der Waals surface area (Å²) in [6.07, 6.45) is 7.40. The van der Waals surface area contributed by atoms with Gasteiger partial charge in [-0.25, -0.2) is 0 Å². The van der Waals surface area contributed by atoms with Gasteiger partial charge in [-0.05, 0) is 55.5 Å². The maximum absolute atomic E-state index is 4.52. The second-order valence-corrected chi connectivity index (χ2v) is 7.13. The Morgan fingerprint density at radius 2 is 1.73 bits per heavy atom. The number of benzene rings is 2. The van der Waals surface area contributed by atoms with Crippen LogP contribution in [0.4, 0.5) is 5.69 Å². The van der Waals surface area contributed by atoms with Gasteiger partial charge in [-0.2, -0.15) is 5.10 Å². The lowest BCUT2D eigenvalue weighted by Gasteiger charge is -2.11. The van der Waals surface area contributed by atoms with Gasteiger partial charge in [0.1, 0.15) is 0 Å². The molecule has 0 fully saturated rings. The Morgan fingerprint density at radius 3 is 2.38 bits per heavy atom. The minimum Gasteiger partial charge on any atom is -0.378 e. The molecule has 0 spiro atoms. The first kappa shape index (κ1) is 18.0. The number of hydrogen-bond donors (Lipinski definition) is 1. The number of likely N-dealkylation sites (N-methyl/N-ethyl adjacent to an activating group) is 1. The van der Waals surface area contributed by atoms with Gasteiger partial charge in [0, 0.05) is 25.4 Å². The summed E-state index contributed by atoms with van der Waals surface area (Å²) in [6.45, 7) is 6.35. The molecule has 0 heterocycles. The molecule has 26 heavy (non-hydrogen) atoms. The van der Waals surface area contributed by atoms with Crippen molar-refractivity contribution in [1.29, 1.82) is 0 Å². The third-order valence-electron chi connectivity index (χ3n) is 4.73. The monoisotopic (exact) mass is 345 g/mol. The number of nitrogens with zero attached hydrogens (tertiary/aromatic N) is 2. The van der Waals surface area contributed by atoms with Crippen molar-refractivity contribution in [3.63, 3.8) is 0 Å². The quantitative estimate of drug-likeness (QED) is 0.589. The summed E-state index contributed by atoms with van der Waals surface area (Å²) in [6, 6.07) is 12.8. The zero-order valence-corrected chi connectivity index (χ0v) is 16.3. The molecule has 3 rings (SSSR count). The van der Waals surface area contributed by atoms with Gasteiger partial charge in [0.15, 0.2) is 0 Å². The topological polar surface area (TPSA) is 27.6 Å². The summed E-state index contributed by atoms with van der Waals surface area (Å²) in [5, 5.41) is 4.52. The summed E-state index contributed by atoms with van der Waals surface area (Å²) in [5.41, 5.74) is 13.0. The van der Waals surface area contributed by atoms with Crippen LogP contribution in [0.25, 0.3) is 5.57 Å². The van der Waals surface area contributed by atoms with Gasteiger partial charge < -0.3 is 4.90 Å². The summed E-state index contributed by atoms with van der Waals surface area (Å²) in [4.78, 5) is 2.15. The second-order valence-electron chi connectivity index (χ2n) is 7.13. The summed E-state index contributed by atoms with van der Waals surface area (Å²) >= 11 is 0. The van der Waals surface area contributed by atoms with Crippen LogP contribution in [0.15, 0.2) is 59.3 Å². The first-order valence-corrected chi connectivity index (χ1v) is 9.00. The van der Waals surface area contributed by atoms with Crippen LogP contribution in [0.1, 0.15) is 34.2 Å². The highest BCUT2D eigenvalue weighted by atomic mass is 15.3. The number of anilines is 1. The number of rotatable bonds is 5. The molecule has 0 aliphatic heterocycles. The minimum absolute atomic E-state index is 0.960. The van der Waals surface area contributed by atoms with Crippen LogP contribution in [0.5, 0.6) is 0 Å². The predicted molar refractivity (Wildman–Crippen MR) is 113 cm³/mol. The fourth-order valence-corrected chi connectivity index (χ4v) is 3.44. The van der Waals surface area contributed by atoms with Gasteiger partial charge in [-0.3, -0.25) is 5.43 Å². The van der Waals surface area contributed by atoms with E-state index in [-0.39, 0.29) is 0 Å². The highest BCUT2D eigenvalue weighted by molar-refractivity contribution is 5.90. The fraction of sp³-hybridized carbons (Fsp3) is 0.261. The average molecular weight is 345 g/mol. The number of hydrazone groups is 1. The van der Waals surface area contributed by atoms with Crippen molar-refractivity contribution in [2.24, 2.45) is 5.10 Å². The molecule has 0 unspecified atom stereocenters. The largest absolute Gasteiger partial charge is 0.378 e. The van der Waals surface area contributed by atoms with E-state index in [1.165, 1.54) is 33.5 Å². The van der Waals surface area contributed by atoms with Gasteiger partial charge in [-0.1, -0.05) is 48.0 Å². The van der Waals surface area contributed by atoms with E-state index in [1.54, 1.807) is 0 Å². The van der Waals surface area contributed by atoms with Crippen LogP contribution in [-0.2, 0) is 0 Å². The van der Waals surface area contributed by atoms with Crippen LogP contribution in [0.2, 0.25) is 0 Å². The van der Waals surface area contributed by atoms with Crippen molar-refractivity contribution in [1.82, 2.24) is 4.90 Å². The van der Waals surface area contributed by atoms with Crippen molar-refractivity contribution in [3.05, 3.63) is 82.1 Å². The van der Waals surface area contributed by atoms with Gasteiger partial charge in [-0.15, -0.1) is 0 Å². The molecule has 0 amide bonds. The van der Waals surface area contributed by atoms with Gasteiger partial charge in [0.2, 0.25) is 0 Å². The van der Waals surface area contributed by atoms with Crippen molar-refractivity contribution < 1.29 is 0 Å². The number of allylic oxidation sites excluding steroid dienone is 3. The van der Waals surface area contributed by atoms with E-state index in [9.17, 15) is 0 Å². The molecule has 3 heteroatoms. The molecule has 3 nitrogen and oxygen atoms in total. The maximum atomic E-state index is 4.52. The SMILES string of the molecule is Cc1cc(C)c(N/N=C/c2ccccc2C2=CC(N(C)C)=CC2)c(C)c1. The molecule has 1 aliphatic carbocycles. The smallest absolute Gasteiger partial charge is 0.0620 e. The lowest BCUT2D eigenvalue weighted by Crippen LogP contribution is -2.07. The van der Waals surface area contributed by atoms with Gasteiger partial charge in [0.25, 0.3) is 0 Å². The highest BCUT2D eigenvalue weighted by Gasteiger charge is 2.12. The van der Waals surface area contributed by atoms with Crippen LogP contribution in [0, 0.1) is 20.8 Å². The molecule has 0 radical (unpaired) electrons.